The third-order valence-electron chi connectivity index (χ3n) is 1.58. The predicted molar refractivity (Wildman–Crippen MR) is 77.3 cm³/mol. The average Bonchev–Trinajstić information content (AvgIpc) is 2.06. The van der Waals surface area contributed by atoms with Crippen molar-refractivity contribution in [1.29, 1.82) is 0 Å². The van der Waals surface area contributed by atoms with Crippen LogP contribution >= 0.6 is 0 Å². The van der Waals surface area contributed by atoms with Gasteiger partial charge in [-0.2, -0.15) is 0 Å². The topological polar surface area (TPSA) is 52.6 Å². The van der Waals surface area contributed by atoms with E-state index in [-0.39, 0.29) is 24.8 Å². The first-order chi connectivity index (χ1) is 7.99. The van der Waals surface area contributed by atoms with Crippen molar-refractivity contribution in [1.82, 2.24) is 0 Å². The fourth-order valence-corrected chi connectivity index (χ4v) is 2.66. The third kappa shape index (κ3) is 11.6. The minimum Gasteiger partial charge on any atom is -0.520 e. The van der Waals surface area contributed by atoms with Gasteiger partial charge < -0.3 is 8.85 Å². The first kappa shape index (κ1) is 17.1. The first-order valence-corrected chi connectivity index (χ1v) is 12.9. The first-order valence-electron chi connectivity index (χ1n) is 6.08. The van der Waals surface area contributed by atoms with Crippen LogP contribution in [0.4, 0.5) is 0 Å². The maximum absolute atomic E-state index is 11.4. The summed E-state index contributed by atoms with van der Waals surface area (Å²) in [7, 11) is -3.61. The minimum absolute atomic E-state index is 0.213. The number of hydrogen-bond acceptors (Lipinski definition) is 4. The van der Waals surface area contributed by atoms with Crippen molar-refractivity contribution in [2.75, 3.05) is 0 Å². The van der Waals surface area contributed by atoms with E-state index in [1.54, 1.807) is 12.2 Å². The summed E-state index contributed by atoms with van der Waals surface area (Å²) in [5.41, 5.74) is 0. The van der Waals surface area contributed by atoms with E-state index in [4.69, 9.17) is 8.85 Å². The average molecular weight is 288 g/mol. The number of carbonyl (C=O) groups is 2. The van der Waals surface area contributed by atoms with Crippen LogP contribution in [0.3, 0.4) is 0 Å². The lowest BCUT2D eigenvalue weighted by molar-refractivity contribution is -0.135. The second-order valence-electron chi connectivity index (χ2n) is 6.05. The molecule has 0 saturated carbocycles. The normalized spacial score (nSPS) is 12.6. The van der Waals surface area contributed by atoms with E-state index in [1.807, 2.05) is 39.3 Å². The van der Waals surface area contributed by atoms with Crippen molar-refractivity contribution in [3.05, 3.63) is 12.2 Å². The van der Waals surface area contributed by atoms with Crippen LogP contribution in [0.1, 0.15) is 12.8 Å². The van der Waals surface area contributed by atoms with Crippen molar-refractivity contribution in [3.8, 4) is 0 Å². The van der Waals surface area contributed by atoms with Crippen molar-refractivity contribution in [2.24, 2.45) is 0 Å². The zero-order chi connectivity index (χ0) is 14.4. The molecule has 0 aliphatic rings. The van der Waals surface area contributed by atoms with E-state index in [1.165, 1.54) is 0 Å². The fraction of sp³-hybridized carbons (Fsp3) is 0.667. The van der Waals surface area contributed by atoms with Gasteiger partial charge in [-0.1, -0.05) is 12.2 Å². The zero-order valence-corrected chi connectivity index (χ0v) is 14.2. The quantitative estimate of drug-likeness (QED) is 0.557. The van der Waals surface area contributed by atoms with Gasteiger partial charge in [0.25, 0.3) is 11.9 Å². The monoisotopic (exact) mass is 288 g/mol. The van der Waals surface area contributed by atoms with E-state index < -0.39 is 16.6 Å². The van der Waals surface area contributed by atoms with Gasteiger partial charge in [-0.05, 0) is 39.3 Å². The van der Waals surface area contributed by atoms with Gasteiger partial charge in [0, 0.05) is 0 Å². The molecular formula is C12H24O4Si2. The molecule has 0 saturated heterocycles. The third-order valence-corrected chi connectivity index (χ3v) is 3.26. The highest BCUT2D eigenvalue weighted by Gasteiger charge is 2.19. The Morgan fingerprint density at radius 1 is 0.778 bits per heavy atom. The molecule has 0 aromatic rings. The molecule has 0 amide bonds. The van der Waals surface area contributed by atoms with Crippen molar-refractivity contribution < 1.29 is 18.4 Å². The van der Waals surface area contributed by atoms with Crippen LogP contribution in [0.15, 0.2) is 12.2 Å². The summed E-state index contributed by atoms with van der Waals surface area (Å²) in [6, 6.07) is 0. The van der Waals surface area contributed by atoms with Crippen molar-refractivity contribution >= 4 is 28.6 Å². The molecule has 0 unspecified atom stereocenters. The second-order valence-corrected chi connectivity index (χ2v) is 14.9. The number of hydrogen-bond donors (Lipinski definition) is 0. The van der Waals surface area contributed by atoms with Crippen LogP contribution in [0.5, 0.6) is 0 Å². The van der Waals surface area contributed by atoms with Crippen molar-refractivity contribution in [3.63, 3.8) is 0 Å². The van der Waals surface area contributed by atoms with Crippen LogP contribution in [-0.4, -0.2) is 28.6 Å². The van der Waals surface area contributed by atoms with Crippen LogP contribution in [0.25, 0.3) is 0 Å². The molecule has 0 aromatic carbocycles. The van der Waals surface area contributed by atoms with Gasteiger partial charge in [0.1, 0.15) is 0 Å². The lowest BCUT2D eigenvalue weighted by atomic mass is 10.3. The van der Waals surface area contributed by atoms with E-state index in [9.17, 15) is 9.59 Å². The number of rotatable bonds is 6. The van der Waals surface area contributed by atoms with E-state index in [0.717, 1.165) is 0 Å². The highest BCUT2D eigenvalue weighted by atomic mass is 28.4. The zero-order valence-electron chi connectivity index (χ0n) is 12.2. The molecule has 0 spiro atoms. The molecule has 0 bridgehead atoms. The molecule has 0 aliphatic carbocycles. The van der Waals surface area contributed by atoms with E-state index in [2.05, 4.69) is 0 Å². The molecule has 0 fully saturated rings. The standard InChI is InChI=1S/C12H24O4Si2/c1-17(2,3)15-11(13)9-7-8-10-12(14)16-18(4,5)6/h7-8H,9-10H2,1-6H3/b8-7+. The van der Waals surface area contributed by atoms with Crippen molar-refractivity contribution in [2.45, 2.75) is 52.1 Å². The Kier molecular flexibility index (Phi) is 6.55. The van der Waals surface area contributed by atoms with Gasteiger partial charge in [-0.3, -0.25) is 9.59 Å². The molecule has 0 radical (unpaired) electrons. The summed E-state index contributed by atoms with van der Waals surface area (Å²) in [4.78, 5) is 22.8. The van der Waals surface area contributed by atoms with Gasteiger partial charge in [-0.15, -0.1) is 0 Å². The molecular weight excluding hydrogens is 264 g/mol. The molecule has 104 valence electrons. The Morgan fingerprint density at radius 3 is 1.28 bits per heavy atom. The van der Waals surface area contributed by atoms with Crippen LogP contribution in [-0.2, 0) is 18.4 Å². The van der Waals surface area contributed by atoms with Gasteiger partial charge >= 0.3 is 0 Å². The van der Waals surface area contributed by atoms with Crippen LogP contribution in [0.2, 0.25) is 39.3 Å². The largest absolute Gasteiger partial charge is 0.520 e. The molecule has 0 rings (SSSR count). The Morgan fingerprint density at radius 2 is 1.06 bits per heavy atom. The fourth-order valence-electron chi connectivity index (χ4n) is 1.13. The number of carbonyl (C=O) groups excluding carboxylic acids is 2. The summed E-state index contributed by atoms with van der Waals surface area (Å²) in [6.45, 7) is 11.7. The van der Waals surface area contributed by atoms with Gasteiger partial charge in [0.15, 0.2) is 0 Å². The second kappa shape index (κ2) is 6.89. The molecule has 0 N–H and O–H groups in total. The highest BCUT2D eigenvalue weighted by molar-refractivity contribution is 6.71. The molecule has 0 atom stereocenters. The predicted octanol–water partition coefficient (Wildman–Crippen LogP) is 3.08. The Hall–Kier alpha value is -0.886. The molecule has 18 heavy (non-hydrogen) atoms. The van der Waals surface area contributed by atoms with E-state index >= 15 is 0 Å². The van der Waals surface area contributed by atoms with Gasteiger partial charge in [0.05, 0.1) is 12.8 Å². The maximum Gasteiger partial charge on any atom is 0.296 e. The molecule has 4 nitrogen and oxygen atoms in total. The Bertz CT molecular complexity index is 292. The van der Waals surface area contributed by atoms with Gasteiger partial charge in [-0.25, -0.2) is 0 Å². The summed E-state index contributed by atoms with van der Waals surface area (Å²) >= 11 is 0. The van der Waals surface area contributed by atoms with Crippen LogP contribution in [0, 0.1) is 0 Å². The SMILES string of the molecule is C[Si](C)(C)OC(=O)C/C=C/CC(=O)O[Si](C)(C)C. The smallest absolute Gasteiger partial charge is 0.296 e. The molecule has 6 heteroatoms. The van der Waals surface area contributed by atoms with Gasteiger partial charge in [0.2, 0.25) is 16.6 Å². The summed E-state index contributed by atoms with van der Waals surface area (Å²) in [5, 5.41) is 0. The lowest BCUT2D eigenvalue weighted by Gasteiger charge is -2.17. The Balaban J connectivity index is 3.92. The van der Waals surface area contributed by atoms with Crippen LogP contribution < -0.4 is 0 Å². The highest BCUT2D eigenvalue weighted by Crippen LogP contribution is 2.06. The van der Waals surface area contributed by atoms with E-state index in [0.29, 0.717) is 0 Å². The molecule has 0 heterocycles. The summed E-state index contributed by atoms with van der Waals surface area (Å²) in [6.07, 6.45) is 3.75. The molecule has 0 aromatic heterocycles. The lowest BCUT2D eigenvalue weighted by Crippen LogP contribution is -2.29. The molecule has 0 aliphatic heterocycles. The minimum atomic E-state index is -1.80. The Labute approximate surface area is 112 Å². The summed E-state index contributed by atoms with van der Waals surface area (Å²) < 4.78 is 10.5. The summed E-state index contributed by atoms with van der Waals surface area (Å²) in [5.74, 6) is -0.465. The maximum atomic E-state index is 11.4.